The van der Waals surface area contributed by atoms with Crippen molar-refractivity contribution in [1.82, 2.24) is 14.8 Å². The second-order valence-electron chi connectivity index (χ2n) is 5.90. The van der Waals surface area contributed by atoms with E-state index in [2.05, 4.69) is 10.2 Å². The maximum Gasteiger partial charge on any atom is 0.264 e. The van der Waals surface area contributed by atoms with Crippen molar-refractivity contribution in [1.29, 1.82) is 0 Å². The Labute approximate surface area is 150 Å². The highest BCUT2D eigenvalue weighted by molar-refractivity contribution is 7.98. The first-order valence-corrected chi connectivity index (χ1v) is 9.10. The van der Waals surface area contributed by atoms with Gasteiger partial charge in [-0.15, -0.1) is 11.8 Å². The Morgan fingerprint density at radius 3 is 2.52 bits per heavy atom. The molecule has 2 aromatic heterocycles. The minimum Gasteiger partial charge on any atom is -0.344 e. The van der Waals surface area contributed by atoms with Crippen molar-refractivity contribution in [2.75, 3.05) is 6.26 Å². The molecule has 3 aromatic rings. The molecule has 0 radical (unpaired) electrons. The van der Waals surface area contributed by atoms with Gasteiger partial charge in [-0.3, -0.25) is 9.59 Å². The lowest BCUT2D eigenvalue weighted by Gasteiger charge is -2.08. The van der Waals surface area contributed by atoms with E-state index in [1.165, 1.54) is 6.07 Å². The third kappa shape index (κ3) is 3.58. The number of nitrogens with one attached hydrogen (secondary N) is 1. The van der Waals surface area contributed by atoms with Crippen LogP contribution < -0.4 is 5.56 Å². The predicted octanol–water partition coefficient (Wildman–Crippen LogP) is 2.96. The largest absolute Gasteiger partial charge is 0.344 e. The third-order valence-corrected chi connectivity index (χ3v) is 4.90. The van der Waals surface area contributed by atoms with E-state index < -0.39 is 0 Å². The lowest BCUT2D eigenvalue weighted by atomic mass is 10.1. The second-order valence-corrected chi connectivity index (χ2v) is 6.74. The van der Waals surface area contributed by atoms with Gasteiger partial charge in [-0.05, 0) is 25.3 Å². The van der Waals surface area contributed by atoms with Crippen molar-refractivity contribution in [2.24, 2.45) is 7.05 Å². The Morgan fingerprint density at radius 2 is 1.92 bits per heavy atom. The van der Waals surface area contributed by atoms with Crippen molar-refractivity contribution in [2.45, 2.75) is 18.2 Å². The van der Waals surface area contributed by atoms with Crippen LogP contribution in [0.25, 0.3) is 0 Å². The number of carbonyl (C=O) groups excluding carboxylic acids is 1. The van der Waals surface area contributed by atoms with E-state index >= 15 is 0 Å². The van der Waals surface area contributed by atoms with Crippen LogP contribution in [0.1, 0.15) is 33.0 Å². The Kier molecular flexibility index (Phi) is 4.90. The molecule has 6 heteroatoms. The summed E-state index contributed by atoms with van der Waals surface area (Å²) < 4.78 is 1.92. The van der Waals surface area contributed by atoms with Gasteiger partial charge in [0.15, 0.2) is 0 Å². The number of aromatic amines is 1. The van der Waals surface area contributed by atoms with Gasteiger partial charge in [0.05, 0.1) is 5.69 Å². The second kappa shape index (κ2) is 7.11. The van der Waals surface area contributed by atoms with Crippen LogP contribution in [0.5, 0.6) is 0 Å². The van der Waals surface area contributed by atoms with Crippen LogP contribution in [0, 0.1) is 6.92 Å². The number of ketones is 1. The molecule has 1 N–H and O–H groups in total. The number of aryl methyl sites for hydroxylation is 1. The lowest BCUT2D eigenvalue weighted by molar-refractivity contribution is 0.102. The van der Waals surface area contributed by atoms with E-state index in [1.807, 2.05) is 55.1 Å². The summed E-state index contributed by atoms with van der Waals surface area (Å²) in [5, 5.41) is 6.49. The molecule has 0 aliphatic carbocycles. The Hall–Kier alpha value is -2.60. The molecule has 0 saturated heterocycles. The molecule has 0 spiro atoms. The minimum absolute atomic E-state index is 0.00697. The highest BCUT2D eigenvalue weighted by Crippen LogP contribution is 2.27. The van der Waals surface area contributed by atoms with Crippen molar-refractivity contribution in [3.05, 3.63) is 81.0 Å². The number of benzene rings is 1. The molecule has 0 atom stereocenters. The zero-order chi connectivity index (χ0) is 18.0. The summed E-state index contributed by atoms with van der Waals surface area (Å²) in [5.74, 6) is 0.00697. The van der Waals surface area contributed by atoms with Crippen molar-refractivity contribution >= 4 is 17.5 Å². The average Bonchev–Trinajstić information content (AvgIpc) is 2.93. The molecular weight excluding hydrogens is 334 g/mol. The van der Waals surface area contributed by atoms with Crippen LogP contribution >= 0.6 is 11.8 Å². The van der Waals surface area contributed by atoms with Crippen LogP contribution in [0.4, 0.5) is 0 Å². The number of rotatable bonds is 5. The summed E-state index contributed by atoms with van der Waals surface area (Å²) >= 11 is 1.55. The first kappa shape index (κ1) is 17.2. The molecule has 25 heavy (non-hydrogen) atoms. The quantitative estimate of drug-likeness (QED) is 0.566. The zero-order valence-corrected chi connectivity index (χ0v) is 15.2. The van der Waals surface area contributed by atoms with E-state index in [4.69, 9.17) is 0 Å². The maximum absolute atomic E-state index is 13.0. The zero-order valence-electron chi connectivity index (χ0n) is 14.4. The van der Waals surface area contributed by atoms with E-state index in [0.29, 0.717) is 17.7 Å². The molecule has 128 valence electrons. The topological polar surface area (TPSA) is 67.8 Å². The number of carbonyl (C=O) groups is 1. The van der Waals surface area contributed by atoms with Gasteiger partial charge in [0, 0.05) is 35.7 Å². The maximum atomic E-state index is 13.0. The molecule has 0 aliphatic heterocycles. The predicted molar refractivity (Wildman–Crippen MR) is 99.5 cm³/mol. The Bertz CT molecular complexity index is 951. The smallest absolute Gasteiger partial charge is 0.264 e. The highest BCUT2D eigenvalue weighted by Gasteiger charge is 2.20. The fourth-order valence-electron chi connectivity index (χ4n) is 2.71. The summed E-state index contributed by atoms with van der Waals surface area (Å²) in [6.45, 7) is 2.00. The summed E-state index contributed by atoms with van der Waals surface area (Å²) in [7, 11) is 1.89. The van der Waals surface area contributed by atoms with E-state index in [-0.39, 0.29) is 11.3 Å². The van der Waals surface area contributed by atoms with Crippen LogP contribution in [-0.2, 0) is 13.5 Å². The van der Waals surface area contributed by atoms with E-state index in [9.17, 15) is 9.59 Å². The lowest BCUT2D eigenvalue weighted by Crippen LogP contribution is -2.12. The van der Waals surface area contributed by atoms with Crippen molar-refractivity contribution < 1.29 is 4.79 Å². The van der Waals surface area contributed by atoms with Crippen molar-refractivity contribution in [3.63, 3.8) is 0 Å². The molecule has 0 amide bonds. The van der Waals surface area contributed by atoms with Gasteiger partial charge >= 0.3 is 0 Å². The Balaban J connectivity index is 1.98. The third-order valence-electron chi connectivity index (χ3n) is 4.15. The van der Waals surface area contributed by atoms with Gasteiger partial charge in [-0.2, -0.15) is 5.10 Å². The summed E-state index contributed by atoms with van der Waals surface area (Å²) in [6.07, 6.45) is 2.51. The van der Waals surface area contributed by atoms with Gasteiger partial charge in [0.2, 0.25) is 5.78 Å². The molecular formula is C19H19N3O2S. The monoisotopic (exact) mass is 353 g/mol. The number of hydrogen-bond acceptors (Lipinski definition) is 4. The van der Waals surface area contributed by atoms with Crippen molar-refractivity contribution in [3.8, 4) is 0 Å². The Morgan fingerprint density at radius 1 is 1.20 bits per heavy atom. The molecule has 0 fully saturated rings. The molecule has 5 nitrogen and oxygen atoms in total. The van der Waals surface area contributed by atoms with E-state index in [0.717, 1.165) is 21.8 Å². The first-order chi connectivity index (χ1) is 12.0. The number of aromatic nitrogens is 3. The minimum atomic E-state index is -0.226. The summed E-state index contributed by atoms with van der Waals surface area (Å²) in [5.41, 5.74) is 3.97. The molecule has 1 aromatic carbocycles. The average molecular weight is 353 g/mol. The van der Waals surface area contributed by atoms with Gasteiger partial charge in [-0.1, -0.05) is 29.8 Å². The van der Waals surface area contributed by atoms with E-state index in [1.54, 1.807) is 17.8 Å². The highest BCUT2D eigenvalue weighted by atomic mass is 32.2. The van der Waals surface area contributed by atoms with Crippen LogP contribution in [0.3, 0.4) is 0 Å². The van der Waals surface area contributed by atoms with Gasteiger partial charge in [0.25, 0.3) is 5.56 Å². The van der Waals surface area contributed by atoms with Gasteiger partial charge < -0.3 is 4.57 Å². The number of thioether (sulfide) groups is 1. The summed E-state index contributed by atoms with van der Waals surface area (Å²) in [6, 6.07) is 12.8. The molecule has 0 saturated carbocycles. The van der Waals surface area contributed by atoms with Gasteiger partial charge in [-0.25, -0.2) is 5.10 Å². The molecule has 0 bridgehead atoms. The summed E-state index contributed by atoms with van der Waals surface area (Å²) in [4.78, 5) is 25.1. The fraction of sp³-hybridized carbons (Fsp3) is 0.211. The van der Waals surface area contributed by atoms with Crippen LogP contribution in [-0.4, -0.2) is 26.8 Å². The number of nitrogens with zero attached hydrogens (tertiary/aromatic N) is 2. The molecule has 2 heterocycles. The molecule has 0 aliphatic rings. The number of hydrogen-bond donors (Lipinski definition) is 1. The molecule has 0 unspecified atom stereocenters. The first-order valence-electron chi connectivity index (χ1n) is 7.88. The SMILES string of the molecule is CSc1cc(Cc2ccc(=O)[nH]n2)n(C)c1C(=O)c1ccc(C)cc1. The van der Waals surface area contributed by atoms with Crippen LogP contribution in [0.2, 0.25) is 0 Å². The van der Waals surface area contributed by atoms with Crippen LogP contribution in [0.15, 0.2) is 52.2 Å². The molecule has 3 rings (SSSR count). The normalized spacial score (nSPS) is 10.8. The number of H-pyrrole nitrogens is 1. The fourth-order valence-corrected chi connectivity index (χ4v) is 3.39. The van der Waals surface area contributed by atoms with Gasteiger partial charge in [0.1, 0.15) is 5.69 Å². The standard InChI is InChI=1S/C19H19N3O2S/c1-12-4-6-13(7-5-12)19(24)18-16(25-3)11-15(22(18)2)10-14-8-9-17(23)21-20-14/h4-9,11H,10H2,1-3H3,(H,21,23).